The molecular formula is C21H26N2O3S. The molecule has 0 saturated carbocycles. The first kappa shape index (κ1) is 19.4. The van der Waals surface area contributed by atoms with Crippen molar-refractivity contribution in [2.24, 2.45) is 0 Å². The van der Waals surface area contributed by atoms with E-state index in [1.165, 1.54) is 17.0 Å². The van der Waals surface area contributed by atoms with E-state index >= 15 is 0 Å². The summed E-state index contributed by atoms with van der Waals surface area (Å²) in [6, 6.07) is 14.7. The number of sulfonamides is 1. The normalized spacial score (nSPS) is 14.8. The molecule has 6 heteroatoms. The van der Waals surface area contributed by atoms with Crippen molar-refractivity contribution in [1.29, 1.82) is 0 Å². The number of likely N-dealkylation sites (tertiary alicyclic amines) is 1. The second-order valence-corrected chi connectivity index (χ2v) is 9.06. The summed E-state index contributed by atoms with van der Waals surface area (Å²) >= 11 is 0. The number of aryl methyl sites for hydroxylation is 1. The molecule has 0 aromatic heterocycles. The van der Waals surface area contributed by atoms with Gasteiger partial charge in [-0.2, -0.15) is 0 Å². The summed E-state index contributed by atoms with van der Waals surface area (Å²) in [5, 5.41) is 0. The zero-order valence-electron chi connectivity index (χ0n) is 15.9. The second kappa shape index (κ2) is 8.13. The van der Waals surface area contributed by atoms with Gasteiger partial charge in [-0.15, -0.1) is 0 Å². The molecule has 0 bridgehead atoms. The molecule has 1 heterocycles. The van der Waals surface area contributed by atoms with Gasteiger partial charge in [-0.3, -0.25) is 9.10 Å². The van der Waals surface area contributed by atoms with Gasteiger partial charge in [0.15, 0.2) is 0 Å². The van der Waals surface area contributed by atoms with Crippen molar-refractivity contribution in [1.82, 2.24) is 4.90 Å². The molecule has 0 N–H and O–H groups in total. The molecule has 144 valence electrons. The third-order valence-corrected chi connectivity index (χ3v) is 6.03. The van der Waals surface area contributed by atoms with Crippen LogP contribution < -0.4 is 4.31 Å². The number of carbonyl (C=O) groups excluding carboxylic acids is 1. The Balaban J connectivity index is 1.80. The number of hydrogen-bond donors (Lipinski definition) is 0. The number of carbonyl (C=O) groups is 1. The lowest BCUT2D eigenvalue weighted by Gasteiger charge is -2.27. The molecular weight excluding hydrogens is 360 g/mol. The second-order valence-electron chi connectivity index (χ2n) is 7.15. The van der Waals surface area contributed by atoms with Crippen LogP contribution in [0.25, 0.3) is 0 Å². The van der Waals surface area contributed by atoms with Gasteiger partial charge in [0.05, 0.1) is 18.5 Å². The molecule has 0 unspecified atom stereocenters. The Kier molecular flexibility index (Phi) is 5.85. The van der Waals surface area contributed by atoms with Crippen LogP contribution in [0.5, 0.6) is 0 Å². The van der Waals surface area contributed by atoms with Crippen LogP contribution in [0.15, 0.2) is 48.5 Å². The van der Waals surface area contributed by atoms with E-state index < -0.39 is 10.0 Å². The Labute approximate surface area is 161 Å². The van der Waals surface area contributed by atoms with Crippen LogP contribution >= 0.6 is 0 Å². The number of rotatable bonds is 5. The average Bonchev–Trinajstić information content (AvgIpc) is 2.67. The fourth-order valence-corrected chi connectivity index (χ4v) is 4.20. The largest absolute Gasteiger partial charge is 0.339 e. The fourth-order valence-electron chi connectivity index (χ4n) is 3.31. The Morgan fingerprint density at radius 3 is 2.11 bits per heavy atom. The van der Waals surface area contributed by atoms with E-state index in [4.69, 9.17) is 0 Å². The summed E-state index contributed by atoms with van der Waals surface area (Å²) < 4.78 is 26.0. The van der Waals surface area contributed by atoms with Crippen molar-refractivity contribution in [3.63, 3.8) is 0 Å². The molecule has 5 nitrogen and oxygen atoms in total. The lowest BCUT2D eigenvalue weighted by Crippen LogP contribution is -2.35. The maximum atomic E-state index is 12.6. The van der Waals surface area contributed by atoms with Crippen molar-refractivity contribution in [2.75, 3.05) is 23.7 Å². The van der Waals surface area contributed by atoms with E-state index in [9.17, 15) is 13.2 Å². The average molecular weight is 387 g/mol. The first-order chi connectivity index (χ1) is 12.8. The Morgan fingerprint density at radius 2 is 1.56 bits per heavy atom. The summed E-state index contributed by atoms with van der Waals surface area (Å²) in [4.78, 5) is 14.5. The predicted octanol–water partition coefficient (Wildman–Crippen LogP) is 3.59. The van der Waals surface area contributed by atoms with E-state index in [0.29, 0.717) is 11.3 Å². The van der Waals surface area contributed by atoms with Gasteiger partial charge < -0.3 is 4.90 Å². The summed E-state index contributed by atoms with van der Waals surface area (Å²) in [7, 11) is -3.44. The Morgan fingerprint density at radius 1 is 0.963 bits per heavy atom. The van der Waals surface area contributed by atoms with Crippen LogP contribution in [0.3, 0.4) is 0 Å². The summed E-state index contributed by atoms with van der Waals surface area (Å²) in [5.74, 6) is 0.0192. The zero-order valence-corrected chi connectivity index (χ0v) is 16.7. The molecule has 1 aliphatic heterocycles. The SMILES string of the molecule is Cc1ccc(CN(c2ccc(C(=O)N3CCCCC3)cc2)S(C)(=O)=O)cc1. The number of amides is 1. The monoisotopic (exact) mass is 386 g/mol. The number of hydrogen-bond acceptors (Lipinski definition) is 3. The molecule has 0 aliphatic carbocycles. The first-order valence-electron chi connectivity index (χ1n) is 9.27. The third kappa shape index (κ3) is 4.89. The minimum Gasteiger partial charge on any atom is -0.339 e. The van der Waals surface area contributed by atoms with Gasteiger partial charge in [0.1, 0.15) is 0 Å². The zero-order chi connectivity index (χ0) is 19.4. The van der Waals surface area contributed by atoms with Crippen LogP contribution in [0.4, 0.5) is 5.69 Å². The maximum absolute atomic E-state index is 12.6. The van der Waals surface area contributed by atoms with Crippen molar-refractivity contribution in [3.05, 3.63) is 65.2 Å². The highest BCUT2D eigenvalue weighted by atomic mass is 32.2. The standard InChI is InChI=1S/C21H26N2O3S/c1-17-6-8-18(9-7-17)16-23(27(2,25)26)20-12-10-19(11-13-20)21(24)22-14-4-3-5-15-22/h6-13H,3-5,14-16H2,1-2H3. The minimum absolute atomic E-state index is 0.0192. The number of benzene rings is 2. The molecule has 0 radical (unpaired) electrons. The topological polar surface area (TPSA) is 57.7 Å². The van der Waals surface area contributed by atoms with E-state index in [1.54, 1.807) is 24.3 Å². The van der Waals surface area contributed by atoms with Gasteiger partial charge in [-0.05, 0) is 56.0 Å². The van der Waals surface area contributed by atoms with Gasteiger partial charge in [0.2, 0.25) is 10.0 Å². The van der Waals surface area contributed by atoms with Crippen LogP contribution in [0.1, 0.15) is 40.7 Å². The first-order valence-corrected chi connectivity index (χ1v) is 11.1. The van der Waals surface area contributed by atoms with Gasteiger partial charge in [0.25, 0.3) is 5.91 Å². The Bertz CT molecular complexity index is 884. The summed E-state index contributed by atoms with van der Waals surface area (Å²) in [6.07, 6.45) is 4.46. The van der Waals surface area contributed by atoms with Gasteiger partial charge in [-0.1, -0.05) is 29.8 Å². The lowest BCUT2D eigenvalue weighted by molar-refractivity contribution is 0.0724. The van der Waals surface area contributed by atoms with Crippen molar-refractivity contribution in [3.8, 4) is 0 Å². The highest BCUT2D eigenvalue weighted by Crippen LogP contribution is 2.22. The van der Waals surface area contributed by atoms with Crippen LogP contribution in [0, 0.1) is 6.92 Å². The fraction of sp³-hybridized carbons (Fsp3) is 0.381. The molecule has 0 atom stereocenters. The Hall–Kier alpha value is -2.34. The van der Waals surface area contributed by atoms with Crippen molar-refractivity contribution < 1.29 is 13.2 Å². The quantitative estimate of drug-likeness (QED) is 0.789. The minimum atomic E-state index is -3.44. The highest BCUT2D eigenvalue weighted by Gasteiger charge is 2.21. The molecule has 0 spiro atoms. The molecule has 1 saturated heterocycles. The predicted molar refractivity (Wildman–Crippen MR) is 108 cm³/mol. The summed E-state index contributed by atoms with van der Waals surface area (Å²) in [5.41, 5.74) is 3.21. The third-order valence-electron chi connectivity index (χ3n) is 4.89. The smallest absolute Gasteiger partial charge is 0.253 e. The van der Waals surface area contributed by atoms with E-state index in [0.717, 1.165) is 37.1 Å². The van der Waals surface area contributed by atoms with Crippen LogP contribution in [-0.4, -0.2) is 38.6 Å². The van der Waals surface area contributed by atoms with Gasteiger partial charge in [0, 0.05) is 18.7 Å². The van der Waals surface area contributed by atoms with E-state index in [-0.39, 0.29) is 12.5 Å². The van der Waals surface area contributed by atoms with Crippen molar-refractivity contribution >= 4 is 21.6 Å². The van der Waals surface area contributed by atoms with E-state index in [2.05, 4.69) is 0 Å². The number of anilines is 1. The summed E-state index contributed by atoms with van der Waals surface area (Å²) in [6.45, 7) is 3.85. The molecule has 1 amide bonds. The number of piperidine rings is 1. The molecule has 3 rings (SSSR count). The van der Waals surface area contributed by atoms with Gasteiger partial charge >= 0.3 is 0 Å². The maximum Gasteiger partial charge on any atom is 0.253 e. The molecule has 2 aromatic carbocycles. The molecule has 2 aromatic rings. The number of nitrogens with zero attached hydrogens (tertiary/aromatic N) is 2. The van der Waals surface area contributed by atoms with E-state index in [1.807, 2.05) is 36.1 Å². The molecule has 1 fully saturated rings. The van der Waals surface area contributed by atoms with Crippen LogP contribution in [-0.2, 0) is 16.6 Å². The highest BCUT2D eigenvalue weighted by molar-refractivity contribution is 7.92. The van der Waals surface area contributed by atoms with Crippen molar-refractivity contribution in [2.45, 2.75) is 32.7 Å². The molecule has 27 heavy (non-hydrogen) atoms. The lowest BCUT2D eigenvalue weighted by atomic mass is 10.1. The van der Waals surface area contributed by atoms with Gasteiger partial charge in [-0.25, -0.2) is 8.42 Å². The molecule has 1 aliphatic rings. The van der Waals surface area contributed by atoms with Crippen LogP contribution in [0.2, 0.25) is 0 Å².